The van der Waals surface area contributed by atoms with Crippen molar-refractivity contribution >= 4 is 11.6 Å². The lowest BCUT2D eigenvalue weighted by Gasteiger charge is -2.50. The summed E-state index contributed by atoms with van der Waals surface area (Å²) in [6, 6.07) is 10.7. The van der Waals surface area contributed by atoms with Crippen LogP contribution in [-0.2, 0) is 9.53 Å². The number of ether oxygens (including phenoxy) is 1. The maximum absolute atomic E-state index is 12.5. The van der Waals surface area contributed by atoms with Gasteiger partial charge in [-0.15, -0.1) is 0 Å². The van der Waals surface area contributed by atoms with Crippen LogP contribution in [0.1, 0.15) is 44.9 Å². The highest BCUT2D eigenvalue weighted by Gasteiger charge is 2.40. The Morgan fingerprint density at radius 1 is 1.04 bits per heavy atom. The van der Waals surface area contributed by atoms with Gasteiger partial charge in [0.05, 0.1) is 0 Å². The van der Waals surface area contributed by atoms with Crippen molar-refractivity contribution in [3.05, 3.63) is 30.3 Å². The first kappa shape index (κ1) is 18.8. The number of piperazine rings is 1. The predicted molar refractivity (Wildman–Crippen MR) is 108 cm³/mol. The quantitative estimate of drug-likeness (QED) is 0.864. The zero-order valence-corrected chi connectivity index (χ0v) is 16.4. The third-order valence-electron chi connectivity index (χ3n) is 6.67. The minimum Gasteiger partial charge on any atom is -0.369 e. The molecule has 1 saturated carbocycles. The molecule has 0 radical (unpaired) electrons. The topological polar surface area (TPSA) is 44.8 Å². The van der Waals surface area contributed by atoms with E-state index >= 15 is 0 Å². The normalized spacial score (nSPS) is 26.1. The largest absolute Gasteiger partial charge is 0.369 e. The standard InChI is InChI=1S/C22H33N3O2/c26-21(20-10-7-17-27-20)23-18-22(11-5-2-6-12-22)25-15-13-24(14-16-25)19-8-3-1-4-9-19/h1,3-4,8-9,20H,2,5-7,10-18H2,(H,23,26). The smallest absolute Gasteiger partial charge is 0.249 e. The second-order valence-corrected chi connectivity index (χ2v) is 8.31. The summed E-state index contributed by atoms with van der Waals surface area (Å²) in [6.45, 7) is 5.77. The average Bonchev–Trinajstić information content (AvgIpc) is 3.29. The molecule has 1 aromatic carbocycles. The summed E-state index contributed by atoms with van der Waals surface area (Å²) in [5, 5.41) is 3.26. The summed E-state index contributed by atoms with van der Waals surface area (Å²) in [5.41, 5.74) is 1.46. The number of hydrogen-bond acceptors (Lipinski definition) is 4. The molecule has 2 saturated heterocycles. The Kier molecular flexibility index (Phi) is 5.98. The van der Waals surface area contributed by atoms with Crippen LogP contribution in [-0.4, -0.2) is 61.8 Å². The molecule has 1 atom stereocenters. The number of hydrogen-bond donors (Lipinski definition) is 1. The number of anilines is 1. The lowest BCUT2D eigenvalue weighted by atomic mass is 9.79. The van der Waals surface area contributed by atoms with Gasteiger partial charge < -0.3 is 15.0 Å². The number of nitrogens with zero attached hydrogens (tertiary/aromatic N) is 2. The molecule has 1 unspecified atom stereocenters. The first-order valence-corrected chi connectivity index (χ1v) is 10.7. The van der Waals surface area contributed by atoms with E-state index in [-0.39, 0.29) is 17.6 Å². The molecule has 2 aliphatic heterocycles. The number of nitrogens with one attached hydrogen (secondary N) is 1. The van der Waals surface area contributed by atoms with Crippen LogP contribution < -0.4 is 10.2 Å². The van der Waals surface area contributed by atoms with E-state index in [0.717, 1.165) is 52.2 Å². The summed E-state index contributed by atoms with van der Waals surface area (Å²) in [6.07, 6.45) is 7.92. The Bertz CT molecular complexity index is 601. The Labute approximate surface area is 163 Å². The molecule has 1 N–H and O–H groups in total. The van der Waals surface area contributed by atoms with Crippen LogP contribution >= 0.6 is 0 Å². The van der Waals surface area contributed by atoms with Crippen molar-refractivity contribution in [1.82, 2.24) is 10.2 Å². The summed E-state index contributed by atoms with van der Waals surface area (Å²) < 4.78 is 5.56. The van der Waals surface area contributed by atoms with Gasteiger partial charge in [-0.2, -0.15) is 0 Å². The fourth-order valence-corrected chi connectivity index (χ4v) is 5.04. The van der Waals surface area contributed by atoms with E-state index < -0.39 is 0 Å². The van der Waals surface area contributed by atoms with Crippen LogP contribution in [0.5, 0.6) is 0 Å². The monoisotopic (exact) mass is 371 g/mol. The molecular formula is C22H33N3O2. The van der Waals surface area contributed by atoms with Gasteiger partial charge in [0.1, 0.15) is 6.10 Å². The molecule has 1 amide bonds. The van der Waals surface area contributed by atoms with E-state index in [9.17, 15) is 4.79 Å². The zero-order chi connectivity index (χ0) is 18.5. The molecule has 0 bridgehead atoms. The summed E-state index contributed by atoms with van der Waals surface area (Å²) in [7, 11) is 0. The third kappa shape index (κ3) is 4.30. The highest BCUT2D eigenvalue weighted by molar-refractivity contribution is 5.81. The number of benzene rings is 1. The van der Waals surface area contributed by atoms with Gasteiger partial charge in [0, 0.05) is 50.6 Å². The van der Waals surface area contributed by atoms with Crippen molar-refractivity contribution in [3.8, 4) is 0 Å². The van der Waals surface area contributed by atoms with E-state index in [2.05, 4.69) is 45.4 Å². The van der Waals surface area contributed by atoms with Gasteiger partial charge >= 0.3 is 0 Å². The van der Waals surface area contributed by atoms with Crippen molar-refractivity contribution in [1.29, 1.82) is 0 Å². The van der Waals surface area contributed by atoms with Crippen LogP contribution in [0, 0.1) is 0 Å². The molecule has 27 heavy (non-hydrogen) atoms. The van der Waals surface area contributed by atoms with Crippen molar-refractivity contribution in [3.63, 3.8) is 0 Å². The third-order valence-corrected chi connectivity index (χ3v) is 6.67. The molecule has 1 aliphatic carbocycles. The minimum absolute atomic E-state index is 0.0976. The van der Waals surface area contributed by atoms with E-state index in [1.165, 1.54) is 37.8 Å². The van der Waals surface area contributed by atoms with E-state index in [1.807, 2.05) is 0 Å². The predicted octanol–water partition coefficient (Wildman–Crippen LogP) is 2.81. The fourth-order valence-electron chi connectivity index (χ4n) is 5.04. The van der Waals surface area contributed by atoms with Crippen LogP contribution in [0.4, 0.5) is 5.69 Å². The van der Waals surface area contributed by atoms with Gasteiger partial charge in [-0.25, -0.2) is 0 Å². The van der Waals surface area contributed by atoms with Gasteiger partial charge in [0.25, 0.3) is 0 Å². The lowest BCUT2D eigenvalue weighted by Crippen LogP contribution is -2.62. The Hall–Kier alpha value is -1.59. The number of amides is 1. The summed E-state index contributed by atoms with van der Waals surface area (Å²) in [5.74, 6) is 0.0976. The number of rotatable bonds is 5. The van der Waals surface area contributed by atoms with Crippen molar-refractivity contribution < 1.29 is 9.53 Å². The minimum atomic E-state index is -0.222. The zero-order valence-electron chi connectivity index (χ0n) is 16.4. The van der Waals surface area contributed by atoms with Crippen molar-refractivity contribution in [2.75, 3.05) is 44.2 Å². The van der Waals surface area contributed by atoms with Crippen molar-refractivity contribution in [2.24, 2.45) is 0 Å². The highest BCUT2D eigenvalue weighted by Crippen LogP contribution is 2.34. The molecule has 3 fully saturated rings. The van der Waals surface area contributed by atoms with E-state index in [0.29, 0.717) is 0 Å². The fraction of sp³-hybridized carbons (Fsp3) is 0.682. The van der Waals surface area contributed by atoms with E-state index in [1.54, 1.807) is 0 Å². The van der Waals surface area contributed by atoms with Crippen LogP contribution in [0.15, 0.2) is 30.3 Å². The van der Waals surface area contributed by atoms with Crippen LogP contribution in [0.2, 0.25) is 0 Å². The maximum Gasteiger partial charge on any atom is 0.249 e. The maximum atomic E-state index is 12.5. The molecular weight excluding hydrogens is 338 g/mol. The Morgan fingerprint density at radius 2 is 1.78 bits per heavy atom. The SMILES string of the molecule is O=C(NCC1(N2CCN(c3ccccc3)CC2)CCCCC1)C1CCCO1. The van der Waals surface area contributed by atoms with Gasteiger partial charge in [0.15, 0.2) is 0 Å². The van der Waals surface area contributed by atoms with Crippen LogP contribution in [0.3, 0.4) is 0 Å². The molecule has 148 valence electrons. The average molecular weight is 372 g/mol. The van der Waals surface area contributed by atoms with Gasteiger partial charge in [-0.1, -0.05) is 37.5 Å². The first-order valence-electron chi connectivity index (χ1n) is 10.7. The molecule has 2 heterocycles. The van der Waals surface area contributed by atoms with Gasteiger partial charge in [0.2, 0.25) is 5.91 Å². The Balaban J connectivity index is 1.37. The molecule has 0 aromatic heterocycles. The molecule has 1 aromatic rings. The van der Waals surface area contributed by atoms with Crippen molar-refractivity contribution in [2.45, 2.75) is 56.6 Å². The summed E-state index contributed by atoms with van der Waals surface area (Å²) in [4.78, 5) is 17.6. The summed E-state index contributed by atoms with van der Waals surface area (Å²) >= 11 is 0. The highest BCUT2D eigenvalue weighted by atomic mass is 16.5. The van der Waals surface area contributed by atoms with Crippen LogP contribution in [0.25, 0.3) is 0 Å². The molecule has 4 rings (SSSR count). The van der Waals surface area contributed by atoms with Gasteiger partial charge in [-0.3, -0.25) is 9.69 Å². The number of carbonyl (C=O) groups is 1. The first-order chi connectivity index (χ1) is 13.3. The van der Waals surface area contributed by atoms with E-state index in [4.69, 9.17) is 4.74 Å². The van der Waals surface area contributed by atoms with Gasteiger partial charge in [-0.05, 0) is 37.8 Å². The molecule has 3 aliphatic rings. The Morgan fingerprint density at radius 3 is 2.44 bits per heavy atom. The second-order valence-electron chi connectivity index (χ2n) is 8.31. The number of para-hydroxylation sites is 1. The second kappa shape index (κ2) is 8.61. The number of carbonyl (C=O) groups excluding carboxylic acids is 1. The lowest BCUT2D eigenvalue weighted by molar-refractivity contribution is -0.131. The molecule has 0 spiro atoms. The molecule has 5 nitrogen and oxygen atoms in total. The molecule has 5 heteroatoms.